The predicted molar refractivity (Wildman–Crippen MR) is 129 cm³/mol. The molecule has 2 atom stereocenters. The summed E-state index contributed by atoms with van der Waals surface area (Å²) in [4.78, 5) is 0. The van der Waals surface area contributed by atoms with Crippen LogP contribution in [0.5, 0.6) is 0 Å². The molecule has 6 nitrogen and oxygen atoms in total. The van der Waals surface area contributed by atoms with Gasteiger partial charge in [0.15, 0.2) is 0 Å². The molecular formula is C22H46BaO6S2. The Labute approximate surface area is 233 Å². The van der Waals surface area contributed by atoms with E-state index in [2.05, 4.69) is 13.8 Å². The van der Waals surface area contributed by atoms with Crippen LogP contribution >= 0.6 is 0 Å². The molecule has 0 aliphatic carbocycles. The topological polar surface area (TPSA) is 114 Å². The van der Waals surface area contributed by atoms with E-state index in [0.717, 1.165) is 51.4 Å². The zero-order chi connectivity index (χ0) is 23.5. The summed E-state index contributed by atoms with van der Waals surface area (Å²) in [6.07, 6.45) is 14.5. The molecule has 0 aliphatic heterocycles. The van der Waals surface area contributed by atoms with Crippen LogP contribution in [-0.4, -0.2) is 85.3 Å². The van der Waals surface area contributed by atoms with Crippen LogP contribution in [-0.2, 0) is 20.2 Å². The van der Waals surface area contributed by atoms with Crippen LogP contribution in [0.1, 0.15) is 130 Å². The molecule has 0 aliphatic rings. The zero-order valence-corrected chi connectivity index (χ0v) is 26.5. The van der Waals surface area contributed by atoms with Crippen molar-refractivity contribution in [2.45, 2.75) is 141 Å². The Hall–Kier alpha value is 1.39. The number of hydrogen-bond donors (Lipinski definition) is 0. The molecule has 184 valence electrons. The fourth-order valence-electron chi connectivity index (χ4n) is 3.46. The summed E-state index contributed by atoms with van der Waals surface area (Å²) in [6.45, 7) is 8.11. The molecule has 0 aromatic heterocycles. The van der Waals surface area contributed by atoms with Crippen molar-refractivity contribution in [3.05, 3.63) is 0 Å². The summed E-state index contributed by atoms with van der Waals surface area (Å²) in [5, 5.41) is -1.30. The minimum Gasteiger partial charge on any atom is -0.748 e. The van der Waals surface area contributed by atoms with Gasteiger partial charge in [0.25, 0.3) is 0 Å². The molecule has 9 heteroatoms. The summed E-state index contributed by atoms with van der Waals surface area (Å²) < 4.78 is 65.3. The van der Waals surface area contributed by atoms with Crippen molar-refractivity contribution in [1.82, 2.24) is 0 Å². The van der Waals surface area contributed by atoms with Gasteiger partial charge in [0.05, 0.1) is 20.2 Å². The quantitative estimate of drug-likeness (QED) is 0.111. The SMILES string of the molecule is CCCCCCCC(CCC)S(=O)(=O)[O-].CCCCCCCC(CCC)S(=O)(=O)[O-].[Ba+2]. The summed E-state index contributed by atoms with van der Waals surface area (Å²) in [5.41, 5.74) is 0. The average Bonchev–Trinajstić information content (AvgIpc) is 2.65. The Bertz CT molecular complexity index is 527. The number of unbranched alkanes of at least 4 members (excludes halogenated alkanes) is 8. The van der Waals surface area contributed by atoms with Gasteiger partial charge in [-0.3, -0.25) is 0 Å². The largest absolute Gasteiger partial charge is 2.00 e. The van der Waals surface area contributed by atoms with Gasteiger partial charge in [-0.15, -0.1) is 0 Å². The van der Waals surface area contributed by atoms with E-state index < -0.39 is 30.7 Å². The van der Waals surface area contributed by atoms with E-state index in [9.17, 15) is 25.9 Å². The molecule has 0 radical (unpaired) electrons. The normalized spacial score (nSPS) is 13.6. The van der Waals surface area contributed by atoms with E-state index in [1.165, 1.54) is 25.7 Å². The minimum atomic E-state index is -4.07. The van der Waals surface area contributed by atoms with Crippen LogP contribution in [0.4, 0.5) is 0 Å². The van der Waals surface area contributed by atoms with E-state index in [1.807, 2.05) is 13.8 Å². The summed E-state index contributed by atoms with van der Waals surface area (Å²) >= 11 is 0. The molecule has 0 rings (SSSR count). The Kier molecular flexibility index (Phi) is 27.6. The second-order valence-corrected chi connectivity index (χ2v) is 11.5. The van der Waals surface area contributed by atoms with E-state index in [0.29, 0.717) is 25.7 Å². The van der Waals surface area contributed by atoms with E-state index in [-0.39, 0.29) is 48.9 Å². The first-order valence-electron chi connectivity index (χ1n) is 11.9. The third-order valence-corrected chi connectivity index (χ3v) is 7.87. The van der Waals surface area contributed by atoms with E-state index >= 15 is 0 Å². The first kappa shape index (κ1) is 36.9. The van der Waals surface area contributed by atoms with Gasteiger partial charge in [0.1, 0.15) is 0 Å². The molecule has 2 unspecified atom stereocenters. The fraction of sp³-hybridized carbons (Fsp3) is 1.00. The van der Waals surface area contributed by atoms with Crippen LogP contribution in [0, 0.1) is 0 Å². The van der Waals surface area contributed by atoms with Crippen molar-refractivity contribution in [2.24, 2.45) is 0 Å². The predicted octanol–water partition coefficient (Wildman–Crippen LogP) is 5.74. The maximum atomic E-state index is 10.9. The first-order chi connectivity index (χ1) is 14.0. The van der Waals surface area contributed by atoms with Crippen molar-refractivity contribution in [3.63, 3.8) is 0 Å². The molecule has 0 saturated carbocycles. The maximum Gasteiger partial charge on any atom is 2.00 e. The third-order valence-electron chi connectivity index (χ3n) is 5.30. The summed E-state index contributed by atoms with van der Waals surface area (Å²) in [6, 6.07) is 0. The molecule has 0 amide bonds. The van der Waals surface area contributed by atoms with Crippen LogP contribution in [0.25, 0.3) is 0 Å². The van der Waals surface area contributed by atoms with E-state index in [4.69, 9.17) is 0 Å². The van der Waals surface area contributed by atoms with Gasteiger partial charge < -0.3 is 9.11 Å². The molecular weight excluding hydrogens is 562 g/mol. The first-order valence-corrected chi connectivity index (χ1v) is 14.9. The maximum absolute atomic E-state index is 10.9. The van der Waals surface area contributed by atoms with E-state index in [1.54, 1.807) is 0 Å². The van der Waals surface area contributed by atoms with Crippen molar-refractivity contribution >= 4 is 69.1 Å². The zero-order valence-electron chi connectivity index (χ0n) is 20.4. The molecule has 0 spiro atoms. The van der Waals surface area contributed by atoms with Crippen molar-refractivity contribution in [3.8, 4) is 0 Å². The summed E-state index contributed by atoms with van der Waals surface area (Å²) in [5.74, 6) is 0. The Balaban J connectivity index is -0.000000490. The van der Waals surface area contributed by atoms with Gasteiger partial charge in [-0.1, -0.05) is 105 Å². The Morgan fingerprint density at radius 2 is 0.774 bits per heavy atom. The third kappa shape index (κ3) is 24.3. The monoisotopic (exact) mass is 608 g/mol. The molecule has 31 heavy (non-hydrogen) atoms. The fourth-order valence-corrected chi connectivity index (χ4v) is 5.42. The van der Waals surface area contributed by atoms with Crippen molar-refractivity contribution in [1.29, 1.82) is 0 Å². The second kappa shape index (κ2) is 23.1. The minimum absolute atomic E-state index is 0. The summed E-state index contributed by atoms with van der Waals surface area (Å²) in [7, 11) is -8.14. The van der Waals surface area contributed by atoms with Crippen LogP contribution < -0.4 is 0 Å². The smallest absolute Gasteiger partial charge is 0.748 e. The van der Waals surface area contributed by atoms with Gasteiger partial charge >= 0.3 is 48.9 Å². The molecule has 0 bridgehead atoms. The van der Waals surface area contributed by atoms with Gasteiger partial charge in [-0.2, -0.15) is 0 Å². The van der Waals surface area contributed by atoms with Gasteiger partial charge in [0.2, 0.25) is 0 Å². The van der Waals surface area contributed by atoms with Crippen LogP contribution in [0.15, 0.2) is 0 Å². The van der Waals surface area contributed by atoms with Crippen LogP contribution in [0.3, 0.4) is 0 Å². The molecule has 0 aromatic carbocycles. The second-order valence-electron chi connectivity index (χ2n) is 8.21. The Morgan fingerprint density at radius 3 is 1.00 bits per heavy atom. The molecule has 0 heterocycles. The van der Waals surface area contributed by atoms with Crippen LogP contribution in [0.2, 0.25) is 0 Å². The van der Waals surface area contributed by atoms with Crippen molar-refractivity contribution in [2.75, 3.05) is 0 Å². The number of rotatable bonds is 18. The standard InChI is InChI=1S/2C11H24O3S.Ba/c2*1-3-5-6-7-8-10-11(9-4-2)15(12,13)14;/h2*11H,3-10H2,1-2H3,(H,12,13,14);/q;;+2/p-2. The Morgan fingerprint density at radius 1 is 0.484 bits per heavy atom. The van der Waals surface area contributed by atoms with Gasteiger partial charge in [-0.05, 0) is 25.7 Å². The van der Waals surface area contributed by atoms with Gasteiger partial charge in [-0.25, -0.2) is 16.8 Å². The molecule has 0 saturated heterocycles. The molecule has 0 fully saturated rings. The number of hydrogen-bond acceptors (Lipinski definition) is 6. The molecule has 0 N–H and O–H groups in total. The molecule has 0 aromatic rings. The van der Waals surface area contributed by atoms with Gasteiger partial charge in [0, 0.05) is 10.5 Å². The van der Waals surface area contributed by atoms with Crippen molar-refractivity contribution < 1.29 is 25.9 Å². The average molecular weight is 608 g/mol.